The molecule has 0 saturated carbocycles. The average molecular weight is 324 g/mol. The van der Waals surface area contributed by atoms with Crippen LogP contribution in [0.5, 0.6) is 5.75 Å². The Hall–Kier alpha value is -2.18. The molecule has 1 atom stereocenters. The molecule has 1 aliphatic heterocycles. The Morgan fingerprint density at radius 2 is 2.29 bits per heavy atom. The van der Waals surface area contributed by atoms with E-state index >= 15 is 0 Å². The van der Waals surface area contributed by atoms with E-state index in [4.69, 9.17) is 10.4 Å². The van der Waals surface area contributed by atoms with Crippen LogP contribution in [0.1, 0.15) is 28.8 Å². The van der Waals surface area contributed by atoms with Crippen molar-refractivity contribution in [2.45, 2.75) is 38.5 Å². The predicted molar refractivity (Wildman–Crippen MR) is 92.7 cm³/mol. The van der Waals surface area contributed by atoms with Crippen molar-refractivity contribution in [1.29, 1.82) is 0 Å². The highest BCUT2D eigenvalue weighted by molar-refractivity contribution is 6.46. The number of hydrogen-bond acceptors (Lipinski definition) is 5. The van der Waals surface area contributed by atoms with Gasteiger partial charge in [0.15, 0.2) is 0 Å². The minimum Gasteiger partial charge on any atom is -0.536 e. The van der Waals surface area contributed by atoms with E-state index in [9.17, 15) is 9.82 Å². The number of pyridine rings is 1. The van der Waals surface area contributed by atoms with Gasteiger partial charge in [0.2, 0.25) is 0 Å². The van der Waals surface area contributed by atoms with E-state index in [0.717, 1.165) is 22.4 Å². The van der Waals surface area contributed by atoms with E-state index in [0.29, 0.717) is 18.7 Å². The minimum atomic E-state index is -0.953. The summed E-state index contributed by atoms with van der Waals surface area (Å²) in [6.07, 6.45) is 2.82. The van der Waals surface area contributed by atoms with Crippen LogP contribution in [0.15, 0.2) is 36.5 Å². The number of hydrogen-bond donors (Lipinski definition) is 2. The summed E-state index contributed by atoms with van der Waals surface area (Å²) in [5.74, 6) is 0.552. The first kappa shape index (κ1) is 16.7. The highest BCUT2D eigenvalue weighted by Gasteiger charge is 2.36. The van der Waals surface area contributed by atoms with Crippen molar-refractivity contribution in [3.8, 4) is 5.75 Å². The van der Waals surface area contributed by atoms with Gasteiger partial charge in [-0.05, 0) is 42.2 Å². The summed E-state index contributed by atoms with van der Waals surface area (Å²) in [7, 11) is -0.953. The van der Waals surface area contributed by atoms with Crippen LogP contribution in [0.4, 0.5) is 0 Å². The molecule has 124 valence electrons. The molecule has 0 saturated heterocycles. The first-order valence-corrected chi connectivity index (χ1v) is 8.15. The van der Waals surface area contributed by atoms with Gasteiger partial charge in [-0.25, -0.2) is 0 Å². The van der Waals surface area contributed by atoms with Crippen LogP contribution in [-0.4, -0.2) is 22.9 Å². The third-order valence-corrected chi connectivity index (χ3v) is 4.40. The first-order valence-electron chi connectivity index (χ1n) is 8.15. The van der Waals surface area contributed by atoms with Gasteiger partial charge in [-0.3, -0.25) is 9.78 Å². The number of nitrogens with two attached hydrogens (primary N) is 1. The molecule has 0 bridgehead atoms. The van der Waals surface area contributed by atoms with Crippen LogP contribution in [0.2, 0.25) is 5.82 Å². The summed E-state index contributed by atoms with van der Waals surface area (Å²) in [5.41, 5.74) is 9.32. The number of Topliss-reactive ketones (excluding diaryl/α,β-unsaturated/α-hetero) is 1. The molecule has 24 heavy (non-hydrogen) atoms. The molecule has 0 aliphatic carbocycles. The minimum absolute atomic E-state index is 0.0421. The fourth-order valence-electron chi connectivity index (χ4n) is 3.13. The van der Waals surface area contributed by atoms with Crippen molar-refractivity contribution in [2.24, 2.45) is 5.73 Å². The van der Waals surface area contributed by atoms with Crippen molar-refractivity contribution in [3.05, 3.63) is 58.9 Å². The van der Waals surface area contributed by atoms with Crippen LogP contribution in [0.3, 0.4) is 0 Å². The summed E-state index contributed by atoms with van der Waals surface area (Å²) in [6.45, 7) is 2.38. The average Bonchev–Trinajstić information content (AvgIpc) is 2.56. The van der Waals surface area contributed by atoms with E-state index in [1.165, 1.54) is 0 Å². The quantitative estimate of drug-likeness (QED) is 0.820. The van der Waals surface area contributed by atoms with Crippen LogP contribution in [-0.2, 0) is 24.2 Å². The Kier molecular flexibility index (Phi) is 4.97. The van der Waals surface area contributed by atoms with Gasteiger partial charge in [0.05, 0.1) is 0 Å². The SMILES string of the molecule is Cc1cccc2c1OB(O)C(CC(=O)Cc1cc(CN)ccn1)C2. The standard InChI is InChI=1S/C18H21BN2O3/c1-12-3-2-4-14-8-15(19(23)24-18(12)14)9-17(22)10-16-7-13(11-20)5-6-21-16/h2-7,15,23H,8-11,20H2,1H3. The molecule has 6 heteroatoms. The zero-order chi connectivity index (χ0) is 17.1. The number of fused-ring (bicyclic) bond motifs is 1. The van der Waals surface area contributed by atoms with Gasteiger partial charge in [-0.15, -0.1) is 0 Å². The molecule has 2 aromatic rings. The molecular weight excluding hydrogens is 303 g/mol. The number of aryl methyl sites for hydroxylation is 1. The predicted octanol–water partition coefficient (Wildman–Crippen LogP) is 1.84. The molecule has 3 N–H and O–H groups in total. The molecule has 1 aromatic heterocycles. The maximum absolute atomic E-state index is 12.4. The summed E-state index contributed by atoms with van der Waals surface area (Å²) >= 11 is 0. The largest absolute Gasteiger partial charge is 0.536 e. The number of nitrogens with zero attached hydrogens (tertiary/aromatic N) is 1. The molecule has 5 nitrogen and oxygen atoms in total. The Labute approximate surface area is 142 Å². The summed E-state index contributed by atoms with van der Waals surface area (Å²) < 4.78 is 5.63. The molecule has 0 fully saturated rings. The third kappa shape index (κ3) is 3.66. The summed E-state index contributed by atoms with van der Waals surface area (Å²) in [6, 6.07) is 9.60. The molecule has 0 spiro atoms. The van der Waals surface area contributed by atoms with Crippen molar-refractivity contribution in [3.63, 3.8) is 0 Å². The van der Waals surface area contributed by atoms with Gasteiger partial charge in [0.1, 0.15) is 11.5 Å². The van der Waals surface area contributed by atoms with Gasteiger partial charge in [-0.2, -0.15) is 0 Å². The number of ketones is 1. The molecule has 3 rings (SSSR count). The Morgan fingerprint density at radius 1 is 1.46 bits per heavy atom. The van der Waals surface area contributed by atoms with Crippen molar-refractivity contribution < 1.29 is 14.5 Å². The van der Waals surface area contributed by atoms with Gasteiger partial charge in [-0.1, -0.05) is 18.2 Å². The highest BCUT2D eigenvalue weighted by atomic mass is 16.5. The second-order valence-corrected chi connectivity index (χ2v) is 6.31. The van der Waals surface area contributed by atoms with Crippen molar-refractivity contribution >= 4 is 12.9 Å². The lowest BCUT2D eigenvalue weighted by atomic mass is 9.64. The fourth-order valence-corrected chi connectivity index (χ4v) is 3.13. The van der Waals surface area contributed by atoms with Gasteiger partial charge >= 0.3 is 7.12 Å². The maximum atomic E-state index is 12.4. The van der Waals surface area contributed by atoms with Crippen molar-refractivity contribution in [2.75, 3.05) is 0 Å². The van der Waals surface area contributed by atoms with E-state index in [1.54, 1.807) is 6.20 Å². The van der Waals surface area contributed by atoms with E-state index in [-0.39, 0.29) is 24.4 Å². The third-order valence-electron chi connectivity index (χ3n) is 4.40. The van der Waals surface area contributed by atoms with Gasteiger partial charge in [0, 0.05) is 37.1 Å². The molecular formula is C18H21BN2O3. The normalized spacial score (nSPS) is 16.5. The summed E-state index contributed by atoms with van der Waals surface area (Å²) in [5, 5.41) is 10.2. The molecule has 0 amide bonds. The Morgan fingerprint density at radius 3 is 3.08 bits per heavy atom. The topological polar surface area (TPSA) is 85.4 Å². The number of carbonyl (C=O) groups excluding carboxylic acids is 1. The second-order valence-electron chi connectivity index (χ2n) is 6.31. The molecule has 0 radical (unpaired) electrons. The van der Waals surface area contributed by atoms with E-state index in [1.807, 2.05) is 37.3 Å². The van der Waals surface area contributed by atoms with Gasteiger partial charge < -0.3 is 15.4 Å². The lowest BCUT2D eigenvalue weighted by molar-refractivity contribution is -0.118. The van der Waals surface area contributed by atoms with Gasteiger partial charge in [0.25, 0.3) is 0 Å². The number of rotatable bonds is 5. The molecule has 2 heterocycles. The van der Waals surface area contributed by atoms with Crippen LogP contribution >= 0.6 is 0 Å². The van der Waals surface area contributed by atoms with Crippen LogP contribution in [0, 0.1) is 6.92 Å². The zero-order valence-corrected chi connectivity index (χ0v) is 13.7. The highest BCUT2D eigenvalue weighted by Crippen LogP contribution is 2.35. The number of para-hydroxylation sites is 1. The monoisotopic (exact) mass is 324 g/mol. The van der Waals surface area contributed by atoms with E-state index in [2.05, 4.69) is 4.98 Å². The second kappa shape index (κ2) is 7.15. The fraction of sp³-hybridized carbons (Fsp3) is 0.333. The van der Waals surface area contributed by atoms with Crippen LogP contribution in [0.25, 0.3) is 0 Å². The first-order chi connectivity index (χ1) is 11.6. The molecule has 1 unspecified atom stereocenters. The lowest BCUT2D eigenvalue weighted by Crippen LogP contribution is -2.35. The Balaban J connectivity index is 1.66. The Bertz CT molecular complexity index is 751. The smallest absolute Gasteiger partial charge is 0.526 e. The molecule has 1 aromatic carbocycles. The van der Waals surface area contributed by atoms with Crippen molar-refractivity contribution in [1.82, 2.24) is 4.98 Å². The number of aromatic nitrogens is 1. The van der Waals surface area contributed by atoms with Crippen LogP contribution < -0.4 is 10.4 Å². The van der Waals surface area contributed by atoms with E-state index < -0.39 is 7.12 Å². The number of carbonyl (C=O) groups is 1. The maximum Gasteiger partial charge on any atom is 0.526 e. The lowest BCUT2D eigenvalue weighted by Gasteiger charge is -2.28. The number of benzene rings is 1. The molecule has 1 aliphatic rings. The zero-order valence-electron chi connectivity index (χ0n) is 13.7. The summed E-state index contributed by atoms with van der Waals surface area (Å²) in [4.78, 5) is 16.6.